The van der Waals surface area contributed by atoms with Crippen LogP contribution in [0.15, 0.2) is 36.4 Å². The quantitative estimate of drug-likeness (QED) is 0.346. The minimum absolute atomic E-state index is 0.487. The molecule has 0 aromatic heterocycles. The summed E-state index contributed by atoms with van der Waals surface area (Å²) >= 11 is 0. The molecule has 0 unspecified atom stereocenters. The molecule has 0 spiro atoms. The van der Waals surface area contributed by atoms with Gasteiger partial charge in [-0.15, -0.1) is 0 Å². The standard InChI is InChI=1S/C34H40B2/c35-31-27-3-1-25(33-13-19-5-20(14-33)7-21(6-19)15-33)11-29(27)32(36)28-4-2-26(12-30(28)31)34-16-22-8-23(17-34)10-24(9-22)18-34/h1-4,11-12,19-24H,5-10,13-18,35-36H2. The number of hydrogen-bond acceptors (Lipinski definition) is 0. The molecule has 0 radical (unpaired) electrons. The van der Waals surface area contributed by atoms with Crippen LogP contribution in [0.25, 0.3) is 21.5 Å². The second-order valence-electron chi connectivity index (χ2n) is 15.2. The van der Waals surface area contributed by atoms with E-state index >= 15 is 0 Å². The van der Waals surface area contributed by atoms with Gasteiger partial charge >= 0.3 is 0 Å². The average molecular weight is 470 g/mol. The molecule has 8 saturated carbocycles. The fourth-order valence-electron chi connectivity index (χ4n) is 12.2. The molecule has 8 bridgehead atoms. The SMILES string of the molecule is Bc1c2ccc(C34CC5CC(CC(C5)C3)C4)cc2c(B)c2ccc(C34CC5CC(CC(C5)C3)C4)cc12. The molecule has 8 aliphatic carbocycles. The Hall–Kier alpha value is -1.69. The predicted molar refractivity (Wildman–Crippen MR) is 158 cm³/mol. The Kier molecular flexibility index (Phi) is 4.16. The fraction of sp³-hybridized carbons (Fsp3) is 0.588. The highest BCUT2D eigenvalue weighted by atomic mass is 14.6. The zero-order valence-corrected chi connectivity index (χ0v) is 22.4. The van der Waals surface area contributed by atoms with Crippen molar-refractivity contribution in [2.75, 3.05) is 0 Å². The van der Waals surface area contributed by atoms with Crippen molar-refractivity contribution in [2.24, 2.45) is 35.5 Å². The molecule has 0 heterocycles. The summed E-state index contributed by atoms with van der Waals surface area (Å²) in [6, 6.07) is 15.5. The first-order valence-electron chi connectivity index (χ1n) is 15.4. The van der Waals surface area contributed by atoms with Crippen molar-refractivity contribution < 1.29 is 0 Å². The highest BCUT2D eigenvalue weighted by Gasteiger charge is 2.52. The second-order valence-corrected chi connectivity index (χ2v) is 15.2. The van der Waals surface area contributed by atoms with E-state index in [1.54, 1.807) is 11.1 Å². The maximum Gasteiger partial charge on any atom is 0.140 e. The molecule has 0 atom stereocenters. The summed E-state index contributed by atoms with van der Waals surface area (Å²) in [7, 11) is 4.83. The normalized spacial score (nSPS) is 42.1. The molecule has 0 amide bonds. The number of fused-ring (bicyclic) bond motifs is 2. The van der Waals surface area contributed by atoms with E-state index in [0.717, 1.165) is 35.5 Å². The molecule has 182 valence electrons. The number of benzene rings is 3. The third kappa shape index (κ3) is 2.80. The van der Waals surface area contributed by atoms with Gasteiger partial charge in [-0.25, -0.2) is 0 Å². The lowest BCUT2D eigenvalue weighted by Crippen LogP contribution is -2.48. The van der Waals surface area contributed by atoms with Crippen molar-refractivity contribution in [3.8, 4) is 0 Å². The summed E-state index contributed by atoms with van der Waals surface area (Å²) in [4.78, 5) is 0. The molecular formula is C34H40B2. The van der Waals surface area contributed by atoms with Crippen molar-refractivity contribution >= 4 is 48.2 Å². The third-order valence-electron chi connectivity index (χ3n) is 13.0. The van der Waals surface area contributed by atoms with Crippen LogP contribution in [0.1, 0.15) is 88.2 Å². The zero-order valence-electron chi connectivity index (χ0n) is 22.4. The van der Waals surface area contributed by atoms with Gasteiger partial charge in [-0.3, -0.25) is 0 Å². The van der Waals surface area contributed by atoms with Crippen molar-refractivity contribution in [1.82, 2.24) is 0 Å². The minimum atomic E-state index is 0.487. The van der Waals surface area contributed by atoms with E-state index in [0.29, 0.717) is 10.8 Å². The topological polar surface area (TPSA) is 0 Å². The largest absolute Gasteiger partial charge is 0.140 e. The van der Waals surface area contributed by atoms with E-state index in [1.165, 1.54) is 110 Å². The van der Waals surface area contributed by atoms with Crippen LogP contribution in [-0.2, 0) is 10.8 Å². The highest BCUT2D eigenvalue weighted by molar-refractivity contribution is 6.53. The monoisotopic (exact) mass is 470 g/mol. The fourth-order valence-corrected chi connectivity index (χ4v) is 12.2. The van der Waals surface area contributed by atoms with Gasteiger partial charge in [0.05, 0.1) is 0 Å². The summed E-state index contributed by atoms with van der Waals surface area (Å²) in [5.41, 5.74) is 7.38. The van der Waals surface area contributed by atoms with Crippen LogP contribution < -0.4 is 10.9 Å². The van der Waals surface area contributed by atoms with Gasteiger partial charge in [0.2, 0.25) is 0 Å². The Labute approximate surface area is 218 Å². The van der Waals surface area contributed by atoms with Gasteiger partial charge in [-0.05, 0) is 156 Å². The summed E-state index contributed by atoms with van der Waals surface area (Å²) in [6.07, 6.45) is 18.0. The smallest absolute Gasteiger partial charge is 0.0736 e. The van der Waals surface area contributed by atoms with Crippen LogP contribution in [-0.4, -0.2) is 15.7 Å². The van der Waals surface area contributed by atoms with Gasteiger partial charge < -0.3 is 0 Å². The molecule has 0 saturated heterocycles. The summed E-state index contributed by atoms with van der Waals surface area (Å²) in [5.74, 6) is 6.05. The van der Waals surface area contributed by atoms with E-state index < -0.39 is 0 Å². The minimum Gasteiger partial charge on any atom is -0.0736 e. The third-order valence-corrected chi connectivity index (χ3v) is 13.0. The van der Waals surface area contributed by atoms with Crippen molar-refractivity contribution in [1.29, 1.82) is 0 Å². The van der Waals surface area contributed by atoms with Gasteiger partial charge in [-0.1, -0.05) is 47.3 Å². The maximum absolute atomic E-state index is 2.66. The first kappa shape index (κ1) is 21.3. The van der Waals surface area contributed by atoms with E-state index in [9.17, 15) is 0 Å². The first-order valence-corrected chi connectivity index (χ1v) is 15.4. The van der Waals surface area contributed by atoms with Crippen LogP contribution in [0.4, 0.5) is 0 Å². The van der Waals surface area contributed by atoms with Crippen molar-refractivity contribution in [3.05, 3.63) is 47.5 Å². The average Bonchev–Trinajstić information content (AvgIpc) is 2.85. The Morgan fingerprint density at radius 3 is 1.06 bits per heavy atom. The first-order chi connectivity index (χ1) is 17.5. The molecule has 8 fully saturated rings. The van der Waals surface area contributed by atoms with Crippen LogP contribution in [0, 0.1) is 35.5 Å². The van der Waals surface area contributed by atoms with E-state index in [4.69, 9.17) is 0 Å². The van der Waals surface area contributed by atoms with E-state index in [1.807, 2.05) is 0 Å². The molecule has 0 aliphatic heterocycles. The maximum atomic E-state index is 2.66. The number of rotatable bonds is 2. The molecule has 0 nitrogen and oxygen atoms in total. The number of hydrogen-bond donors (Lipinski definition) is 0. The predicted octanol–water partition coefficient (Wildman–Crippen LogP) is 5.45. The molecule has 36 heavy (non-hydrogen) atoms. The molecule has 2 heteroatoms. The van der Waals surface area contributed by atoms with E-state index in [-0.39, 0.29) is 0 Å². The van der Waals surface area contributed by atoms with E-state index in [2.05, 4.69) is 52.1 Å². The Balaban J connectivity index is 1.17. The zero-order chi connectivity index (χ0) is 23.8. The van der Waals surface area contributed by atoms with Crippen molar-refractivity contribution in [2.45, 2.75) is 87.9 Å². The molecule has 8 aliphatic rings. The summed E-state index contributed by atoms with van der Waals surface area (Å²) in [6.45, 7) is 0. The van der Waals surface area contributed by atoms with Gasteiger partial charge in [0, 0.05) is 0 Å². The van der Waals surface area contributed by atoms with Crippen LogP contribution >= 0.6 is 0 Å². The van der Waals surface area contributed by atoms with Gasteiger partial charge in [-0.2, -0.15) is 0 Å². The summed E-state index contributed by atoms with van der Waals surface area (Å²) in [5, 5.41) is 6.10. The molecule has 11 rings (SSSR count). The Morgan fingerprint density at radius 1 is 0.444 bits per heavy atom. The van der Waals surface area contributed by atoms with Crippen LogP contribution in [0.3, 0.4) is 0 Å². The molecular weight excluding hydrogens is 430 g/mol. The van der Waals surface area contributed by atoms with Crippen LogP contribution in [0.5, 0.6) is 0 Å². The lowest BCUT2D eigenvalue weighted by Gasteiger charge is -2.57. The lowest BCUT2D eigenvalue weighted by molar-refractivity contribution is -0.00525. The van der Waals surface area contributed by atoms with Gasteiger partial charge in [0.25, 0.3) is 0 Å². The van der Waals surface area contributed by atoms with Crippen LogP contribution in [0.2, 0.25) is 0 Å². The molecule has 3 aromatic rings. The highest BCUT2D eigenvalue weighted by Crippen LogP contribution is 2.62. The molecule has 0 N–H and O–H groups in total. The summed E-state index contributed by atoms with van der Waals surface area (Å²) < 4.78 is 0. The Bertz CT molecular complexity index is 1250. The molecule has 3 aromatic carbocycles. The van der Waals surface area contributed by atoms with Crippen molar-refractivity contribution in [3.63, 3.8) is 0 Å². The Morgan fingerprint density at radius 2 is 0.750 bits per heavy atom. The second kappa shape index (κ2) is 7.03. The van der Waals surface area contributed by atoms with Gasteiger partial charge in [0.15, 0.2) is 0 Å². The van der Waals surface area contributed by atoms with Gasteiger partial charge in [0.1, 0.15) is 15.7 Å². The lowest BCUT2D eigenvalue weighted by atomic mass is 9.48.